The minimum atomic E-state index is 0.448. The molecule has 0 amide bonds. The van der Waals surface area contributed by atoms with Crippen LogP contribution in [-0.4, -0.2) is 39.8 Å². The SMILES string of the molecule is CC1CN(c2nc3ccc(Cl)cn3n2)CC(C)N1. The van der Waals surface area contributed by atoms with Crippen LogP contribution in [0.3, 0.4) is 0 Å². The molecule has 1 fully saturated rings. The Morgan fingerprint density at radius 3 is 2.72 bits per heavy atom. The number of pyridine rings is 1. The number of aromatic nitrogens is 3. The Bertz CT molecular complexity index is 557. The molecule has 0 saturated carbocycles. The molecule has 0 aliphatic carbocycles. The Labute approximate surface area is 111 Å². The van der Waals surface area contributed by atoms with E-state index in [9.17, 15) is 0 Å². The van der Waals surface area contributed by atoms with Crippen LogP contribution < -0.4 is 10.2 Å². The van der Waals surface area contributed by atoms with Gasteiger partial charge in [-0.25, -0.2) is 4.52 Å². The third-order valence-electron chi connectivity index (χ3n) is 3.12. The normalized spacial score (nSPS) is 24.7. The molecule has 0 radical (unpaired) electrons. The van der Waals surface area contributed by atoms with E-state index in [-0.39, 0.29) is 0 Å². The predicted molar refractivity (Wildman–Crippen MR) is 72.3 cm³/mol. The van der Waals surface area contributed by atoms with Crippen LogP contribution in [0.2, 0.25) is 5.02 Å². The summed E-state index contributed by atoms with van der Waals surface area (Å²) in [6, 6.07) is 4.61. The van der Waals surface area contributed by atoms with Crippen molar-refractivity contribution in [3.05, 3.63) is 23.4 Å². The Hall–Kier alpha value is -1.33. The minimum Gasteiger partial charge on any atom is -0.336 e. The zero-order valence-electron chi connectivity index (χ0n) is 10.5. The summed E-state index contributed by atoms with van der Waals surface area (Å²) >= 11 is 5.95. The van der Waals surface area contributed by atoms with Gasteiger partial charge in [0.2, 0.25) is 5.95 Å². The van der Waals surface area contributed by atoms with E-state index in [1.54, 1.807) is 10.7 Å². The van der Waals surface area contributed by atoms with E-state index >= 15 is 0 Å². The summed E-state index contributed by atoms with van der Waals surface area (Å²) in [5.74, 6) is 0.775. The average Bonchev–Trinajstić information content (AvgIpc) is 2.70. The van der Waals surface area contributed by atoms with Gasteiger partial charge in [-0.05, 0) is 26.0 Å². The molecule has 2 atom stereocenters. The summed E-state index contributed by atoms with van der Waals surface area (Å²) in [4.78, 5) is 6.75. The summed E-state index contributed by atoms with van der Waals surface area (Å²) < 4.78 is 1.73. The number of hydrogen-bond acceptors (Lipinski definition) is 4. The molecule has 2 unspecified atom stereocenters. The van der Waals surface area contributed by atoms with Crippen molar-refractivity contribution in [2.24, 2.45) is 0 Å². The van der Waals surface area contributed by atoms with E-state index in [2.05, 4.69) is 34.1 Å². The highest BCUT2D eigenvalue weighted by atomic mass is 35.5. The molecule has 2 aromatic rings. The molecule has 18 heavy (non-hydrogen) atoms. The molecule has 3 rings (SSSR count). The van der Waals surface area contributed by atoms with Gasteiger partial charge in [0, 0.05) is 31.4 Å². The molecule has 6 heteroatoms. The second kappa shape index (κ2) is 4.40. The van der Waals surface area contributed by atoms with Crippen molar-refractivity contribution < 1.29 is 0 Å². The lowest BCUT2D eigenvalue weighted by molar-refractivity contribution is 0.403. The molecule has 5 nitrogen and oxygen atoms in total. The Balaban J connectivity index is 1.93. The molecule has 96 valence electrons. The van der Waals surface area contributed by atoms with E-state index in [1.165, 1.54) is 0 Å². The van der Waals surface area contributed by atoms with Gasteiger partial charge in [0.05, 0.1) is 5.02 Å². The highest BCUT2D eigenvalue weighted by Crippen LogP contribution is 2.16. The van der Waals surface area contributed by atoms with Gasteiger partial charge in [0.15, 0.2) is 5.65 Å². The first kappa shape index (κ1) is 11.7. The molecule has 0 aromatic carbocycles. The maximum Gasteiger partial charge on any atom is 0.245 e. The molecule has 3 heterocycles. The molecule has 1 saturated heterocycles. The van der Waals surface area contributed by atoms with Crippen LogP contribution in [0.1, 0.15) is 13.8 Å². The number of hydrogen-bond donors (Lipinski definition) is 1. The van der Waals surface area contributed by atoms with Gasteiger partial charge in [-0.15, -0.1) is 5.10 Å². The molecule has 0 bridgehead atoms. The second-order valence-corrected chi connectivity index (χ2v) is 5.37. The predicted octanol–water partition coefficient (Wildman–Crippen LogP) is 1.57. The molecular weight excluding hydrogens is 250 g/mol. The van der Waals surface area contributed by atoms with Gasteiger partial charge in [0.1, 0.15) is 0 Å². The topological polar surface area (TPSA) is 45.5 Å². The lowest BCUT2D eigenvalue weighted by atomic mass is 10.1. The Morgan fingerprint density at radius 2 is 2.00 bits per heavy atom. The quantitative estimate of drug-likeness (QED) is 0.850. The van der Waals surface area contributed by atoms with E-state index in [0.717, 1.165) is 24.7 Å². The summed E-state index contributed by atoms with van der Waals surface area (Å²) in [7, 11) is 0. The van der Waals surface area contributed by atoms with E-state index in [4.69, 9.17) is 11.6 Å². The third kappa shape index (κ3) is 2.15. The largest absolute Gasteiger partial charge is 0.336 e. The third-order valence-corrected chi connectivity index (χ3v) is 3.35. The van der Waals surface area contributed by atoms with Crippen molar-refractivity contribution in [2.45, 2.75) is 25.9 Å². The molecule has 2 aromatic heterocycles. The smallest absolute Gasteiger partial charge is 0.245 e. The summed E-state index contributed by atoms with van der Waals surface area (Å²) in [6.07, 6.45) is 1.78. The van der Waals surface area contributed by atoms with Crippen LogP contribution in [-0.2, 0) is 0 Å². The van der Waals surface area contributed by atoms with E-state index in [1.807, 2.05) is 12.1 Å². The Morgan fingerprint density at radius 1 is 1.28 bits per heavy atom. The van der Waals surface area contributed by atoms with Crippen LogP contribution in [0.15, 0.2) is 18.3 Å². The number of nitrogens with one attached hydrogen (secondary N) is 1. The van der Waals surface area contributed by atoms with Crippen molar-refractivity contribution in [1.82, 2.24) is 19.9 Å². The number of anilines is 1. The molecule has 1 aliphatic rings. The molecule has 1 aliphatic heterocycles. The first-order valence-electron chi connectivity index (χ1n) is 6.15. The van der Waals surface area contributed by atoms with Crippen molar-refractivity contribution in [2.75, 3.05) is 18.0 Å². The van der Waals surface area contributed by atoms with Crippen LogP contribution in [0.25, 0.3) is 5.65 Å². The fraction of sp³-hybridized carbons (Fsp3) is 0.500. The zero-order valence-corrected chi connectivity index (χ0v) is 11.2. The van der Waals surface area contributed by atoms with Crippen molar-refractivity contribution >= 4 is 23.2 Å². The lowest BCUT2D eigenvalue weighted by Gasteiger charge is -2.35. The van der Waals surface area contributed by atoms with Crippen LogP contribution in [0.4, 0.5) is 5.95 Å². The number of nitrogens with zero attached hydrogens (tertiary/aromatic N) is 4. The maximum atomic E-state index is 5.95. The van der Waals surface area contributed by atoms with Gasteiger partial charge in [-0.3, -0.25) is 0 Å². The first-order chi connectivity index (χ1) is 8.61. The van der Waals surface area contributed by atoms with Crippen molar-refractivity contribution in [3.63, 3.8) is 0 Å². The number of rotatable bonds is 1. The maximum absolute atomic E-state index is 5.95. The summed E-state index contributed by atoms with van der Waals surface area (Å²) in [5.41, 5.74) is 0.827. The van der Waals surface area contributed by atoms with Gasteiger partial charge in [-0.2, -0.15) is 4.98 Å². The fourth-order valence-electron chi connectivity index (χ4n) is 2.47. The monoisotopic (exact) mass is 265 g/mol. The number of piperazine rings is 1. The molecular formula is C12H16ClN5. The highest BCUT2D eigenvalue weighted by molar-refractivity contribution is 6.30. The van der Waals surface area contributed by atoms with Gasteiger partial charge in [0.25, 0.3) is 0 Å². The zero-order chi connectivity index (χ0) is 12.7. The average molecular weight is 266 g/mol. The van der Waals surface area contributed by atoms with Crippen LogP contribution in [0, 0.1) is 0 Å². The van der Waals surface area contributed by atoms with E-state index < -0.39 is 0 Å². The van der Waals surface area contributed by atoms with Crippen molar-refractivity contribution in [3.8, 4) is 0 Å². The Kier molecular flexibility index (Phi) is 2.87. The van der Waals surface area contributed by atoms with Gasteiger partial charge in [-0.1, -0.05) is 11.6 Å². The summed E-state index contributed by atoms with van der Waals surface area (Å²) in [5, 5.41) is 8.65. The summed E-state index contributed by atoms with van der Waals surface area (Å²) in [6.45, 7) is 6.20. The van der Waals surface area contributed by atoms with Gasteiger partial charge >= 0.3 is 0 Å². The molecule has 0 spiro atoms. The number of fused-ring (bicyclic) bond motifs is 1. The fourth-order valence-corrected chi connectivity index (χ4v) is 2.63. The van der Waals surface area contributed by atoms with Crippen LogP contribution in [0.5, 0.6) is 0 Å². The highest BCUT2D eigenvalue weighted by Gasteiger charge is 2.23. The first-order valence-corrected chi connectivity index (χ1v) is 6.52. The van der Waals surface area contributed by atoms with Crippen molar-refractivity contribution in [1.29, 1.82) is 0 Å². The standard InChI is InChI=1S/C12H16ClN5/c1-8-5-17(6-9(2)14-8)12-15-11-4-3-10(13)7-18(11)16-12/h3-4,7-9,14H,5-6H2,1-2H3. The van der Waals surface area contributed by atoms with E-state index in [0.29, 0.717) is 17.1 Å². The second-order valence-electron chi connectivity index (χ2n) is 4.94. The van der Waals surface area contributed by atoms with Gasteiger partial charge < -0.3 is 10.2 Å². The molecule has 1 N–H and O–H groups in total. The number of halogens is 1. The van der Waals surface area contributed by atoms with Crippen LogP contribution >= 0.6 is 11.6 Å². The minimum absolute atomic E-state index is 0.448. The lowest BCUT2D eigenvalue weighted by Crippen LogP contribution is -2.54.